The molecule has 0 aliphatic carbocycles. The molecule has 1 saturated heterocycles. The number of ether oxygens (including phenoxy) is 1. The molecule has 0 amide bonds. The van der Waals surface area contributed by atoms with Gasteiger partial charge in [0.1, 0.15) is 11.3 Å². The van der Waals surface area contributed by atoms with E-state index in [1.807, 2.05) is 0 Å². The number of rotatable bonds is 3. The van der Waals surface area contributed by atoms with E-state index in [1.54, 1.807) is 4.57 Å². The quantitative estimate of drug-likeness (QED) is 0.812. The Morgan fingerprint density at radius 2 is 2.25 bits per heavy atom. The van der Waals surface area contributed by atoms with Gasteiger partial charge in [-0.15, -0.1) is 11.6 Å². The van der Waals surface area contributed by atoms with Crippen molar-refractivity contribution in [2.45, 2.75) is 25.3 Å². The highest BCUT2D eigenvalue weighted by Gasteiger charge is 2.24. The molecule has 0 saturated carbocycles. The second-order valence-corrected chi connectivity index (χ2v) is 5.32. The van der Waals surface area contributed by atoms with Gasteiger partial charge in [0.25, 0.3) is 0 Å². The van der Waals surface area contributed by atoms with E-state index in [0.29, 0.717) is 36.9 Å². The van der Waals surface area contributed by atoms with Gasteiger partial charge in [0, 0.05) is 18.9 Å². The van der Waals surface area contributed by atoms with Gasteiger partial charge in [-0.05, 0) is 25.0 Å². The molecule has 0 radical (unpaired) electrons. The van der Waals surface area contributed by atoms with E-state index in [1.165, 1.54) is 6.07 Å². The first kappa shape index (κ1) is 13.8. The highest BCUT2D eigenvalue weighted by atomic mass is 35.5. The van der Waals surface area contributed by atoms with Crippen molar-refractivity contribution in [3.8, 4) is 0 Å². The van der Waals surface area contributed by atoms with Crippen molar-refractivity contribution in [2.24, 2.45) is 0 Å². The molecule has 108 valence electrons. The topological polar surface area (TPSA) is 27.1 Å². The smallest absolute Gasteiger partial charge is 0.184 e. The molecule has 0 spiro atoms. The third kappa shape index (κ3) is 2.29. The molecule has 3 rings (SSSR count). The molecule has 20 heavy (non-hydrogen) atoms. The number of benzene rings is 1. The standard InChI is InChI=1S/C14H15ClF2N2O/c15-6-5-12-18-11-4-3-10(16)13(17)14(11)19(12)9-2-1-7-20-8-9/h3-4,9H,1-2,5-8H2. The zero-order valence-electron chi connectivity index (χ0n) is 10.9. The number of alkyl halides is 1. The second-order valence-electron chi connectivity index (χ2n) is 4.94. The van der Waals surface area contributed by atoms with Gasteiger partial charge < -0.3 is 9.30 Å². The lowest BCUT2D eigenvalue weighted by Gasteiger charge is -2.25. The van der Waals surface area contributed by atoms with Crippen molar-refractivity contribution in [2.75, 3.05) is 19.1 Å². The Kier molecular flexibility index (Phi) is 3.89. The number of hydrogen-bond acceptors (Lipinski definition) is 2. The minimum absolute atomic E-state index is 0.0109. The van der Waals surface area contributed by atoms with Crippen molar-refractivity contribution in [3.63, 3.8) is 0 Å². The minimum atomic E-state index is -0.854. The van der Waals surface area contributed by atoms with Crippen molar-refractivity contribution in [3.05, 3.63) is 29.6 Å². The fraction of sp³-hybridized carbons (Fsp3) is 0.500. The maximum Gasteiger partial charge on any atom is 0.184 e. The van der Waals surface area contributed by atoms with Crippen LogP contribution in [0.1, 0.15) is 24.7 Å². The summed E-state index contributed by atoms with van der Waals surface area (Å²) in [6, 6.07) is 2.60. The van der Waals surface area contributed by atoms with Crippen LogP contribution < -0.4 is 0 Å². The summed E-state index contributed by atoms with van der Waals surface area (Å²) >= 11 is 5.79. The van der Waals surface area contributed by atoms with Crippen molar-refractivity contribution in [1.82, 2.24) is 9.55 Å². The Balaban J connectivity index is 2.18. The summed E-state index contributed by atoms with van der Waals surface area (Å²) in [5.74, 6) is -0.620. The number of aryl methyl sites for hydroxylation is 1. The van der Waals surface area contributed by atoms with Crippen LogP contribution in [0.2, 0.25) is 0 Å². The first-order valence-electron chi connectivity index (χ1n) is 6.71. The van der Waals surface area contributed by atoms with Crippen LogP contribution in [-0.4, -0.2) is 28.6 Å². The van der Waals surface area contributed by atoms with Crippen molar-refractivity contribution < 1.29 is 13.5 Å². The van der Waals surface area contributed by atoms with E-state index >= 15 is 0 Å². The first-order chi connectivity index (χ1) is 9.72. The molecule has 1 unspecified atom stereocenters. The molecule has 6 heteroatoms. The van der Waals surface area contributed by atoms with Crippen LogP contribution in [0.15, 0.2) is 12.1 Å². The minimum Gasteiger partial charge on any atom is -0.379 e. The van der Waals surface area contributed by atoms with Crippen LogP contribution in [0.3, 0.4) is 0 Å². The number of hydrogen-bond donors (Lipinski definition) is 0. The van der Waals surface area contributed by atoms with Crippen molar-refractivity contribution >= 4 is 22.6 Å². The number of aromatic nitrogens is 2. The average molecular weight is 301 g/mol. The molecule has 3 nitrogen and oxygen atoms in total. The Bertz CT molecular complexity index is 623. The lowest BCUT2D eigenvalue weighted by Crippen LogP contribution is -2.23. The fourth-order valence-electron chi connectivity index (χ4n) is 2.75. The Morgan fingerprint density at radius 1 is 1.40 bits per heavy atom. The van der Waals surface area contributed by atoms with Crippen LogP contribution in [0.5, 0.6) is 0 Å². The van der Waals surface area contributed by atoms with E-state index in [2.05, 4.69) is 4.98 Å². The molecule has 2 aromatic rings. The lowest BCUT2D eigenvalue weighted by atomic mass is 10.1. The average Bonchev–Trinajstić information content (AvgIpc) is 2.83. The summed E-state index contributed by atoms with van der Waals surface area (Å²) < 4.78 is 34.9. The predicted molar refractivity (Wildman–Crippen MR) is 73.2 cm³/mol. The summed E-state index contributed by atoms with van der Waals surface area (Å²) in [4.78, 5) is 4.40. The highest BCUT2D eigenvalue weighted by molar-refractivity contribution is 6.17. The normalized spacial score (nSPS) is 19.6. The van der Waals surface area contributed by atoms with Gasteiger partial charge in [-0.1, -0.05) is 0 Å². The van der Waals surface area contributed by atoms with Gasteiger partial charge in [-0.2, -0.15) is 0 Å². The van der Waals surface area contributed by atoms with E-state index in [4.69, 9.17) is 16.3 Å². The Labute approximate surface area is 120 Å². The molecule has 2 heterocycles. The van der Waals surface area contributed by atoms with Crippen LogP contribution in [0.4, 0.5) is 8.78 Å². The highest BCUT2D eigenvalue weighted by Crippen LogP contribution is 2.29. The maximum atomic E-state index is 14.2. The number of fused-ring (bicyclic) bond motifs is 1. The van der Waals surface area contributed by atoms with Crippen LogP contribution in [0, 0.1) is 11.6 Å². The van der Waals surface area contributed by atoms with Gasteiger partial charge in [-0.3, -0.25) is 0 Å². The maximum absolute atomic E-state index is 14.2. The first-order valence-corrected chi connectivity index (χ1v) is 7.24. The van der Waals surface area contributed by atoms with Crippen LogP contribution in [-0.2, 0) is 11.2 Å². The number of imidazole rings is 1. The largest absolute Gasteiger partial charge is 0.379 e. The molecule has 1 fully saturated rings. The summed E-state index contributed by atoms with van der Waals surface area (Å²) in [5, 5.41) is 0. The molecule has 1 aliphatic heterocycles. The predicted octanol–water partition coefficient (Wildman–Crippen LogP) is 3.45. The Morgan fingerprint density at radius 3 is 2.95 bits per heavy atom. The molecule has 1 atom stereocenters. The third-order valence-electron chi connectivity index (χ3n) is 3.64. The Hall–Kier alpha value is -1.20. The molecule has 1 aromatic carbocycles. The zero-order chi connectivity index (χ0) is 14.1. The zero-order valence-corrected chi connectivity index (χ0v) is 11.7. The monoisotopic (exact) mass is 300 g/mol. The van der Waals surface area contributed by atoms with Crippen LogP contribution in [0.25, 0.3) is 11.0 Å². The molecule has 0 N–H and O–H groups in total. The van der Waals surface area contributed by atoms with E-state index in [9.17, 15) is 8.78 Å². The molecule has 1 aromatic heterocycles. The molecule has 0 bridgehead atoms. The molecule has 1 aliphatic rings. The van der Waals surface area contributed by atoms with E-state index < -0.39 is 11.6 Å². The number of halogens is 3. The summed E-state index contributed by atoms with van der Waals surface area (Å²) in [5.41, 5.74) is 0.690. The van der Waals surface area contributed by atoms with Gasteiger partial charge in [0.15, 0.2) is 11.6 Å². The van der Waals surface area contributed by atoms with Crippen LogP contribution >= 0.6 is 11.6 Å². The summed E-state index contributed by atoms with van der Waals surface area (Å²) in [6.07, 6.45) is 2.30. The van der Waals surface area contributed by atoms with Crippen molar-refractivity contribution in [1.29, 1.82) is 0 Å². The summed E-state index contributed by atoms with van der Waals surface area (Å²) in [6.45, 7) is 1.21. The number of nitrogens with zero attached hydrogens (tertiary/aromatic N) is 2. The second kappa shape index (κ2) is 5.66. The SMILES string of the molecule is Fc1ccc2nc(CCCl)n(C3CCCOC3)c2c1F. The fourth-order valence-corrected chi connectivity index (χ4v) is 2.92. The van der Waals surface area contributed by atoms with E-state index in [0.717, 1.165) is 18.9 Å². The van der Waals surface area contributed by atoms with E-state index in [-0.39, 0.29) is 11.6 Å². The van der Waals surface area contributed by atoms with Gasteiger partial charge >= 0.3 is 0 Å². The van der Waals surface area contributed by atoms with Gasteiger partial charge in [0.05, 0.1) is 18.2 Å². The van der Waals surface area contributed by atoms with Gasteiger partial charge in [0.2, 0.25) is 0 Å². The molecular formula is C14H15ClF2N2O. The third-order valence-corrected chi connectivity index (χ3v) is 3.82. The molecular weight excluding hydrogens is 286 g/mol. The van der Waals surface area contributed by atoms with Gasteiger partial charge in [-0.25, -0.2) is 13.8 Å². The lowest BCUT2D eigenvalue weighted by molar-refractivity contribution is 0.0594. The summed E-state index contributed by atoms with van der Waals surface area (Å²) in [7, 11) is 0.